The molecule has 1 N–H and O–H groups in total. The maximum absolute atomic E-state index is 12.4. The van der Waals surface area contributed by atoms with E-state index in [0.29, 0.717) is 10.6 Å². The zero-order chi connectivity index (χ0) is 16.2. The van der Waals surface area contributed by atoms with Gasteiger partial charge in [0.15, 0.2) is 0 Å². The molecule has 0 aliphatic rings. The van der Waals surface area contributed by atoms with E-state index in [9.17, 15) is 13.2 Å². The Morgan fingerprint density at radius 2 is 2.05 bits per heavy atom. The van der Waals surface area contributed by atoms with Crippen LogP contribution in [0.15, 0.2) is 46.0 Å². The first kappa shape index (κ1) is 17.0. The maximum Gasteiger partial charge on any atom is 0.307 e. The summed E-state index contributed by atoms with van der Waals surface area (Å²) < 4.78 is 32.0. The Bertz CT molecular complexity index is 744. The van der Waals surface area contributed by atoms with Crippen LogP contribution in [0.1, 0.15) is 18.0 Å². The number of methoxy groups -OCH3 is 1. The zero-order valence-electron chi connectivity index (χ0n) is 11.7. The second kappa shape index (κ2) is 7.23. The summed E-state index contributed by atoms with van der Waals surface area (Å²) in [5.74, 6) is -0.529. The topological polar surface area (TPSA) is 72.5 Å². The van der Waals surface area contributed by atoms with Crippen LogP contribution in [0.25, 0.3) is 0 Å². The molecule has 2 aromatic rings. The summed E-state index contributed by atoms with van der Waals surface area (Å²) >= 11 is 7.21. The lowest BCUT2D eigenvalue weighted by molar-refractivity contribution is -0.141. The number of hydrogen-bond acceptors (Lipinski definition) is 5. The van der Waals surface area contributed by atoms with Crippen molar-refractivity contribution < 1.29 is 17.9 Å². The van der Waals surface area contributed by atoms with Crippen LogP contribution >= 0.6 is 22.9 Å². The van der Waals surface area contributed by atoms with Gasteiger partial charge in [-0.1, -0.05) is 35.9 Å². The van der Waals surface area contributed by atoms with Crippen molar-refractivity contribution in [1.82, 2.24) is 4.72 Å². The van der Waals surface area contributed by atoms with Crippen molar-refractivity contribution in [3.05, 3.63) is 52.4 Å². The Morgan fingerprint density at radius 3 is 2.64 bits per heavy atom. The number of carbonyl (C=O) groups excluding carboxylic acids is 1. The Morgan fingerprint density at radius 1 is 1.32 bits per heavy atom. The smallest absolute Gasteiger partial charge is 0.307 e. The highest BCUT2D eigenvalue weighted by molar-refractivity contribution is 7.91. The average molecular weight is 360 g/mol. The highest BCUT2D eigenvalue weighted by atomic mass is 35.5. The molecule has 0 saturated carbocycles. The van der Waals surface area contributed by atoms with Gasteiger partial charge in [0, 0.05) is 5.02 Å². The molecule has 1 heterocycles. The van der Waals surface area contributed by atoms with Crippen LogP contribution in [0, 0.1) is 0 Å². The van der Waals surface area contributed by atoms with Crippen molar-refractivity contribution in [2.45, 2.75) is 16.7 Å². The van der Waals surface area contributed by atoms with E-state index in [1.807, 2.05) is 0 Å². The van der Waals surface area contributed by atoms with E-state index in [-0.39, 0.29) is 10.6 Å². The standard InChI is InChI=1S/C14H14ClNO4S2/c1-20-13(17)9-12(10-5-2-3-6-11(10)15)16-22(18,19)14-7-4-8-21-14/h2-8,12,16H,9H2,1H3/t12-/m0/s1. The number of sulfonamides is 1. The van der Waals surface area contributed by atoms with Crippen molar-refractivity contribution in [3.63, 3.8) is 0 Å². The number of ether oxygens (including phenoxy) is 1. The predicted octanol–water partition coefficient (Wildman–Crippen LogP) is 2.98. The molecule has 0 fully saturated rings. The number of hydrogen-bond donors (Lipinski definition) is 1. The fraction of sp³-hybridized carbons (Fsp3) is 0.214. The molecule has 0 aliphatic carbocycles. The predicted molar refractivity (Wildman–Crippen MR) is 85.5 cm³/mol. The van der Waals surface area contributed by atoms with Crippen molar-refractivity contribution in [1.29, 1.82) is 0 Å². The summed E-state index contributed by atoms with van der Waals surface area (Å²) in [4.78, 5) is 11.6. The molecule has 0 radical (unpaired) electrons. The fourth-order valence-corrected chi connectivity index (χ4v) is 4.38. The highest BCUT2D eigenvalue weighted by Crippen LogP contribution is 2.28. The first-order valence-corrected chi connectivity index (χ1v) is 9.05. The fourth-order valence-electron chi connectivity index (χ4n) is 1.88. The van der Waals surface area contributed by atoms with Gasteiger partial charge in [-0.2, -0.15) is 0 Å². The van der Waals surface area contributed by atoms with Gasteiger partial charge in [-0.3, -0.25) is 4.79 Å². The van der Waals surface area contributed by atoms with E-state index in [1.54, 1.807) is 35.7 Å². The van der Waals surface area contributed by atoms with Gasteiger partial charge in [0.1, 0.15) is 4.21 Å². The monoisotopic (exact) mass is 359 g/mol. The maximum atomic E-state index is 12.4. The normalized spacial score (nSPS) is 12.8. The molecule has 1 atom stereocenters. The molecule has 1 aromatic heterocycles. The lowest BCUT2D eigenvalue weighted by Gasteiger charge is -2.18. The lowest BCUT2D eigenvalue weighted by Crippen LogP contribution is -2.30. The Balaban J connectivity index is 2.33. The molecular formula is C14H14ClNO4S2. The molecule has 5 nitrogen and oxygen atoms in total. The molecule has 118 valence electrons. The minimum Gasteiger partial charge on any atom is -0.469 e. The zero-order valence-corrected chi connectivity index (χ0v) is 14.0. The van der Waals surface area contributed by atoms with Crippen LogP contribution in [-0.4, -0.2) is 21.5 Å². The molecule has 0 saturated heterocycles. The minimum atomic E-state index is -3.73. The SMILES string of the molecule is COC(=O)C[C@H](NS(=O)(=O)c1cccs1)c1ccccc1Cl. The van der Waals surface area contributed by atoms with E-state index < -0.39 is 22.0 Å². The third-order valence-electron chi connectivity index (χ3n) is 2.94. The molecule has 8 heteroatoms. The Kier molecular flexibility index (Phi) is 5.57. The van der Waals surface area contributed by atoms with Crippen LogP contribution in [-0.2, 0) is 19.6 Å². The first-order chi connectivity index (χ1) is 10.4. The largest absolute Gasteiger partial charge is 0.469 e. The summed E-state index contributed by atoms with van der Waals surface area (Å²) in [5.41, 5.74) is 0.523. The third kappa shape index (κ3) is 4.07. The van der Waals surface area contributed by atoms with Crippen molar-refractivity contribution in [2.75, 3.05) is 7.11 Å². The Labute approximate surface area is 137 Å². The molecule has 22 heavy (non-hydrogen) atoms. The van der Waals surface area contributed by atoms with Crippen LogP contribution < -0.4 is 4.72 Å². The third-order valence-corrected chi connectivity index (χ3v) is 6.15. The average Bonchev–Trinajstić information content (AvgIpc) is 3.02. The summed E-state index contributed by atoms with van der Waals surface area (Å²) in [7, 11) is -2.48. The number of esters is 1. The van der Waals surface area contributed by atoms with Crippen molar-refractivity contribution >= 4 is 38.9 Å². The number of halogens is 1. The van der Waals surface area contributed by atoms with Gasteiger partial charge in [-0.05, 0) is 23.1 Å². The molecule has 0 unspecified atom stereocenters. The highest BCUT2D eigenvalue weighted by Gasteiger charge is 2.26. The van der Waals surface area contributed by atoms with Gasteiger partial charge in [0.2, 0.25) is 0 Å². The quantitative estimate of drug-likeness (QED) is 0.805. The van der Waals surface area contributed by atoms with Crippen molar-refractivity contribution in [3.8, 4) is 0 Å². The van der Waals surface area contributed by atoms with E-state index in [2.05, 4.69) is 9.46 Å². The van der Waals surface area contributed by atoms with Crippen LogP contribution in [0.3, 0.4) is 0 Å². The number of carbonyl (C=O) groups is 1. The lowest BCUT2D eigenvalue weighted by atomic mass is 10.1. The second-order valence-electron chi connectivity index (χ2n) is 4.41. The van der Waals surface area contributed by atoms with E-state index in [1.165, 1.54) is 13.2 Å². The summed E-state index contributed by atoms with van der Waals surface area (Å²) in [6.45, 7) is 0. The second-order valence-corrected chi connectivity index (χ2v) is 7.70. The van der Waals surface area contributed by atoms with Gasteiger partial charge in [-0.25, -0.2) is 13.1 Å². The molecular weight excluding hydrogens is 346 g/mol. The van der Waals surface area contributed by atoms with Gasteiger partial charge < -0.3 is 4.74 Å². The first-order valence-electron chi connectivity index (χ1n) is 6.31. The van der Waals surface area contributed by atoms with E-state index >= 15 is 0 Å². The number of thiophene rings is 1. The molecule has 0 bridgehead atoms. The summed E-state index contributed by atoms with van der Waals surface area (Å²) in [6, 6.07) is 9.11. The Hall–Kier alpha value is -1.41. The van der Waals surface area contributed by atoms with Crippen LogP contribution in [0.5, 0.6) is 0 Å². The van der Waals surface area contributed by atoms with E-state index in [4.69, 9.17) is 11.6 Å². The number of benzene rings is 1. The number of nitrogens with one attached hydrogen (secondary N) is 1. The summed E-state index contributed by atoms with van der Waals surface area (Å²) in [5, 5.41) is 2.05. The van der Waals surface area contributed by atoms with Crippen LogP contribution in [0.4, 0.5) is 0 Å². The molecule has 0 aliphatic heterocycles. The van der Waals surface area contributed by atoms with Gasteiger partial charge in [-0.15, -0.1) is 11.3 Å². The molecule has 2 rings (SSSR count). The van der Waals surface area contributed by atoms with Crippen molar-refractivity contribution in [2.24, 2.45) is 0 Å². The molecule has 0 spiro atoms. The minimum absolute atomic E-state index is 0.148. The molecule has 0 amide bonds. The van der Waals surface area contributed by atoms with E-state index in [0.717, 1.165) is 11.3 Å². The van der Waals surface area contributed by atoms with Gasteiger partial charge in [0.25, 0.3) is 10.0 Å². The van der Waals surface area contributed by atoms with Gasteiger partial charge >= 0.3 is 5.97 Å². The molecule has 1 aromatic carbocycles. The number of rotatable bonds is 6. The van der Waals surface area contributed by atoms with Crippen LogP contribution in [0.2, 0.25) is 5.02 Å². The summed E-state index contributed by atoms with van der Waals surface area (Å²) in [6.07, 6.45) is -0.148. The van der Waals surface area contributed by atoms with Gasteiger partial charge in [0.05, 0.1) is 19.6 Å².